The average Bonchev–Trinajstić information content (AvgIpc) is 2.37. The maximum absolute atomic E-state index is 11.1. The molecule has 2 bridgehead atoms. The zero-order valence-corrected chi connectivity index (χ0v) is 9.24. The van der Waals surface area contributed by atoms with Crippen molar-refractivity contribution in [2.24, 2.45) is 23.7 Å². The summed E-state index contributed by atoms with van der Waals surface area (Å²) in [6.07, 6.45) is 12.1. The highest BCUT2D eigenvalue weighted by Crippen LogP contribution is 2.46. The van der Waals surface area contributed by atoms with Gasteiger partial charge in [-0.3, -0.25) is 4.79 Å². The number of carbonyl (C=O) groups is 1. The Hall–Kier alpha value is -1.31. The third kappa shape index (κ3) is 1.44. The first kappa shape index (κ1) is 8.80. The molecule has 0 amide bonds. The number of hydrogen-bond donors (Lipinski definition) is 0. The molecule has 0 heterocycles. The van der Waals surface area contributed by atoms with Crippen molar-refractivity contribution < 1.29 is 10.9 Å². The van der Waals surface area contributed by atoms with Gasteiger partial charge in [0.15, 0.2) is 0 Å². The van der Waals surface area contributed by atoms with Gasteiger partial charge in [0.2, 0.25) is 0 Å². The Kier molecular flexibility index (Phi) is 1.99. The van der Waals surface area contributed by atoms with Crippen LogP contribution in [0.25, 0.3) is 0 Å². The van der Waals surface area contributed by atoms with Crippen LogP contribution in [-0.2, 0) is 9.53 Å². The van der Waals surface area contributed by atoms with Gasteiger partial charge in [-0.1, -0.05) is 30.4 Å². The third-order valence-corrected chi connectivity index (χ3v) is 3.76. The van der Waals surface area contributed by atoms with Crippen LogP contribution in [-0.4, -0.2) is 12.1 Å². The maximum Gasteiger partial charge on any atom is 0.303 e. The van der Waals surface area contributed by atoms with Crippen LogP contribution in [0.4, 0.5) is 0 Å². The lowest BCUT2D eigenvalue weighted by molar-refractivity contribution is -0.146. The lowest BCUT2D eigenvalue weighted by Gasteiger charge is -2.36. The Morgan fingerprint density at radius 2 is 2.00 bits per heavy atom. The summed E-state index contributed by atoms with van der Waals surface area (Å²) in [5.74, 6) is 1.05. The van der Waals surface area contributed by atoms with E-state index < -0.39 is 0 Å². The van der Waals surface area contributed by atoms with Gasteiger partial charge in [-0.05, 0) is 30.2 Å². The molecule has 0 aromatic carbocycles. The molecule has 6 atom stereocenters. The molecule has 0 N–H and O–H groups in total. The number of carbonyl (C=O) groups excluding carboxylic acids is 1. The maximum atomic E-state index is 11.1. The zero-order valence-electron chi connectivity index (χ0n) is 10.2. The van der Waals surface area contributed by atoms with Gasteiger partial charge in [-0.15, -0.1) is 0 Å². The van der Waals surface area contributed by atoms with E-state index in [1.54, 1.807) is 0 Å². The molecule has 0 spiro atoms. The molecule has 3 aliphatic rings. The van der Waals surface area contributed by atoms with Crippen molar-refractivity contribution in [2.45, 2.75) is 19.4 Å². The molecule has 0 fully saturated rings. The molecule has 84 valence electrons. The molecule has 3 rings (SSSR count). The summed E-state index contributed by atoms with van der Waals surface area (Å²) in [6.45, 7) is 1.45. The second-order valence-electron chi connectivity index (χ2n) is 4.73. The van der Waals surface area contributed by atoms with Crippen molar-refractivity contribution in [1.82, 2.24) is 0 Å². The van der Waals surface area contributed by atoms with Gasteiger partial charge in [-0.2, -0.15) is 0 Å². The van der Waals surface area contributed by atoms with E-state index in [4.69, 9.17) is 6.11 Å². The van der Waals surface area contributed by atoms with E-state index in [-0.39, 0.29) is 30.3 Å². The Bertz CT molecular complexity index is 424. The molecule has 0 aromatic heterocycles. The molecule has 3 aliphatic carbocycles. The molecule has 0 radical (unpaired) electrons. The fourth-order valence-electron chi connectivity index (χ4n) is 2.91. The average molecular weight is 217 g/mol. The molecular weight excluding hydrogens is 200 g/mol. The quantitative estimate of drug-likeness (QED) is 0.498. The Labute approximate surface area is 97.1 Å². The van der Waals surface area contributed by atoms with Crippen molar-refractivity contribution in [3.8, 4) is 0 Å². The van der Waals surface area contributed by atoms with Gasteiger partial charge in [0.25, 0.3) is 0 Å². The van der Waals surface area contributed by atoms with Crippen LogP contribution < -0.4 is 0 Å². The summed E-state index contributed by atoms with van der Waals surface area (Å²) >= 11 is 0. The second kappa shape index (κ2) is 3.62. The minimum Gasteiger partial charge on any atom is -0.458 e. The van der Waals surface area contributed by atoms with Crippen molar-refractivity contribution in [3.05, 3.63) is 36.5 Å². The molecular formula is C14H16O2. The Balaban J connectivity index is 1.95. The lowest BCUT2D eigenvalue weighted by atomic mass is 9.69. The monoisotopic (exact) mass is 217 g/mol. The van der Waals surface area contributed by atoms with Gasteiger partial charge in [0, 0.05) is 14.2 Å². The van der Waals surface area contributed by atoms with Gasteiger partial charge < -0.3 is 4.74 Å². The molecule has 0 saturated carbocycles. The summed E-state index contributed by atoms with van der Waals surface area (Å²) in [7, 11) is 0. The van der Waals surface area contributed by atoms with Gasteiger partial charge in [0.05, 0.1) is 0 Å². The van der Waals surface area contributed by atoms with E-state index in [0.717, 1.165) is 0 Å². The highest BCUT2D eigenvalue weighted by Gasteiger charge is 2.41. The molecule has 0 saturated heterocycles. The van der Waals surface area contributed by atoms with Gasteiger partial charge in [-0.25, -0.2) is 0 Å². The van der Waals surface area contributed by atoms with Crippen LogP contribution in [0.15, 0.2) is 36.5 Å². The predicted molar refractivity (Wildman–Crippen MR) is 61.6 cm³/mol. The SMILES string of the molecule is [2H][C@H]1C=C[C@@H]2[C@@H]3C=C[C@@H]3[C@H]1C=C[C@H]2OC(C)=O. The summed E-state index contributed by atoms with van der Waals surface area (Å²) in [6, 6.07) is 0. The molecule has 0 aliphatic heterocycles. The van der Waals surface area contributed by atoms with Gasteiger partial charge in [0.1, 0.15) is 6.10 Å². The Morgan fingerprint density at radius 3 is 2.69 bits per heavy atom. The summed E-state index contributed by atoms with van der Waals surface area (Å²) < 4.78 is 13.4. The zero-order chi connectivity index (χ0) is 12.0. The van der Waals surface area contributed by atoms with Crippen LogP contribution in [0.3, 0.4) is 0 Å². The molecule has 2 heteroatoms. The van der Waals surface area contributed by atoms with E-state index in [1.807, 2.05) is 12.2 Å². The van der Waals surface area contributed by atoms with Crippen molar-refractivity contribution in [3.63, 3.8) is 0 Å². The highest BCUT2D eigenvalue weighted by molar-refractivity contribution is 5.66. The van der Waals surface area contributed by atoms with Crippen molar-refractivity contribution >= 4 is 5.97 Å². The summed E-state index contributed by atoms with van der Waals surface area (Å²) in [5.41, 5.74) is 0. The van der Waals surface area contributed by atoms with Crippen molar-refractivity contribution in [1.29, 1.82) is 0 Å². The third-order valence-electron chi connectivity index (χ3n) is 3.76. The first-order chi connectivity index (χ1) is 8.16. The number of allylic oxidation sites excluding steroid dienone is 4. The summed E-state index contributed by atoms with van der Waals surface area (Å²) in [4.78, 5) is 11.1. The van der Waals surface area contributed by atoms with E-state index in [2.05, 4.69) is 24.3 Å². The molecule has 16 heavy (non-hydrogen) atoms. The molecule has 0 aromatic rings. The van der Waals surface area contributed by atoms with Crippen LogP contribution >= 0.6 is 0 Å². The van der Waals surface area contributed by atoms with Crippen LogP contribution in [0.5, 0.6) is 0 Å². The summed E-state index contributed by atoms with van der Waals surface area (Å²) in [5, 5.41) is 0. The minimum absolute atomic E-state index is 0.168. The largest absolute Gasteiger partial charge is 0.458 e. The first-order valence-corrected chi connectivity index (χ1v) is 5.81. The number of ether oxygens (including phenoxy) is 1. The van der Waals surface area contributed by atoms with E-state index in [1.165, 1.54) is 6.92 Å². The van der Waals surface area contributed by atoms with E-state index in [9.17, 15) is 4.79 Å². The highest BCUT2D eigenvalue weighted by atomic mass is 16.5. The fraction of sp³-hybridized carbons (Fsp3) is 0.500. The number of hydrogen-bond acceptors (Lipinski definition) is 2. The van der Waals surface area contributed by atoms with Crippen LogP contribution in [0, 0.1) is 23.7 Å². The first-order valence-electron chi connectivity index (χ1n) is 6.39. The molecule has 0 unspecified atom stereocenters. The standard InChI is InChI=1S/C14H16O2/c1-9(15)16-14-8-5-10-3-2-4-13(14)12-7-6-11(10)12/h2,4-8,10-14H,3H2,1H3/t10-,11-,12-,13-,14-/m1/s1/i3D/t3-,10+,11+,12+,13+,14+/m0. The molecule has 2 nitrogen and oxygen atoms in total. The number of rotatable bonds is 1. The van der Waals surface area contributed by atoms with E-state index >= 15 is 0 Å². The second-order valence-corrected chi connectivity index (χ2v) is 4.73. The topological polar surface area (TPSA) is 26.3 Å². The minimum atomic E-state index is -0.237. The lowest BCUT2D eigenvalue weighted by Crippen LogP contribution is -2.34. The van der Waals surface area contributed by atoms with Crippen LogP contribution in [0.2, 0.25) is 0 Å². The number of esters is 1. The van der Waals surface area contributed by atoms with E-state index in [0.29, 0.717) is 11.8 Å². The smallest absolute Gasteiger partial charge is 0.303 e. The normalized spacial score (nSPS) is 48.7. The predicted octanol–water partition coefficient (Wildman–Crippen LogP) is 2.48. The fourth-order valence-corrected chi connectivity index (χ4v) is 2.91. The van der Waals surface area contributed by atoms with Gasteiger partial charge >= 0.3 is 5.97 Å². The van der Waals surface area contributed by atoms with Crippen LogP contribution in [0.1, 0.15) is 14.7 Å². The Morgan fingerprint density at radius 1 is 1.19 bits per heavy atom. The van der Waals surface area contributed by atoms with Crippen molar-refractivity contribution in [2.75, 3.05) is 0 Å².